The third kappa shape index (κ3) is 4.76. The highest BCUT2D eigenvalue weighted by Crippen LogP contribution is 2.10. The van der Waals surface area contributed by atoms with Gasteiger partial charge in [0.25, 0.3) is 0 Å². The van der Waals surface area contributed by atoms with E-state index in [4.69, 9.17) is 0 Å². The summed E-state index contributed by atoms with van der Waals surface area (Å²) in [6.45, 7) is 3.12. The summed E-state index contributed by atoms with van der Waals surface area (Å²) in [6.07, 6.45) is 10.6. The first kappa shape index (κ1) is 14.8. The number of carbonyl (C=O) groups excluding carboxylic acids is 1. The van der Waals surface area contributed by atoms with Crippen LogP contribution in [0, 0.1) is 0 Å². The Morgan fingerprint density at radius 1 is 1.24 bits per heavy atom. The number of hydrogen-bond donors (Lipinski definition) is 1. The lowest BCUT2D eigenvalue weighted by Gasteiger charge is -2.10. The van der Waals surface area contributed by atoms with E-state index in [0.29, 0.717) is 13.1 Å². The molecule has 0 bridgehead atoms. The zero-order valence-corrected chi connectivity index (χ0v) is 12.1. The van der Waals surface area contributed by atoms with Crippen molar-refractivity contribution in [2.45, 2.75) is 20.0 Å². The van der Waals surface area contributed by atoms with Crippen molar-refractivity contribution in [2.75, 3.05) is 0 Å². The molecule has 0 saturated carbocycles. The summed E-state index contributed by atoms with van der Waals surface area (Å²) in [5.74, 6) is -0.0954. The van der Waals surface area contributed by atoms with Gasteiger partial charge in [-0.1, -0.05) is 42.5 Å². The number of aromatic nitrogens is 2. The summed E-state index contributed by atoms with van der Waals surface area (Å²) < 4.78 is 1.87. The third-order valence-corrected chi connectivity index (χ3v) is 3.01. The Bertz CT molecular complexity index is 627. The van der Waals surface area contributed by atoms with E-state index in [1.807, 2.05) is 54.2 Å². The van der Waals surface area contributed by atoms with E-state index in [2.05, 4.69) is 16.5 Å². The van der Waals surface area contributed by atoms with Gasteiger partial charge in [0.1, 0.15) is 0 Å². The standard InChI is InChI=1S/C17H19N3O/c1-2-3-4-10-17(21)18-13-15-8-5-6-9-16(15)14-20-12-7-11-19-20/h2-12H,13-14H2,1H3,(H,18,21)/b3-2+,10-4+. The molecular weight excluding hydrogens is 262 g/mol. The van der Waals surface area contributed by atoms with Crippen molar-refractivity contribution in [3.8, 4) is 0 Å². The van der Waals surface area contributed by atoms with E-state index in [-0.39, 0.29) is 5.91 Å². The fourth-order valence-corrected chi connectivity index (χ4v) is 1.95. The van der Waals surface area contributed by atoms with E-state index in [1.54, 1.807) is 12.3 Å². The number of benzene rings is 1. The number of rotatable bonds is 6. The highest BCUT2D eigenvalue weighted by molar-refractivity contribution is 5.87. The average Bonchev–Trinajstić information content (AvgIpc) is 3.00. The Morgan fingerprint density at radius 2 is 2.05 bits per heavy atom. The van der Waals surface area contributed by atoms with Gasteiger partial charge in [-0.15, -0.1) is 0 Å². The second-order valence-electron chi connectivity index (χ2n) is 4.58. The van der Waals surface area contributed by atoms with Crippen molar-refractivity contribution in [1.82, 2.24) is 15.1 Å². The topological polar surface area (TPSA) is 46.9 Å². The van der Waals surface area contributed by atoms with Crippen molar-refractivity contribution < 1.29 is 4.79 Å². The first-order valence-electron chi connectivity index (χ1n) is 6.91. The van der Waals surface area contributed by atoms with Crippen LogP contribution in [0.5, 0.6) is 0 Å². The number of amides is 1. The SMILES string of the molecule is C/C=C/C=C/C(=O)NCc1ccccc1Cn1cccn1. The van der Waals surface area contributed by atoms with Crippen LogP contribution in [0.4, 0.5) is 0 Å². The van der Waals surface area contributed by atoms with Gasteiger partial charge in [0.2, 0.25) is 5.91 Å². The molecule has 21 heavy (non-hydrogen) atoms. The van der Waals surface area contributed by atoms with E-state index in [9.17, 15) is 4.79 Å². The molecule has 0 radical (unpaired) electrons. The van der Waals surface area contributed by atoms with E-state index < -0.39 is 0 Å². The van der Waals surface area contributed by atoms with Crippen LogP contribution in [0.1, 0.15) is 18.1 Å². The van der Waals surface area contributed by atoms with Gasteiger partial charge in [-0.25, -0.2) is 0 Å². The molecule has 1 amide bonds. The van der Waals surface area contributed by atoms with Crippen LogP contribution in [0.2, 0.25) is 0 Å². The maximum Gasteiger partial charge on any atom is 0.244 e. The molecule has 108 valence electrons. The number of nitrogens with zero attached hydrogens (tertiary/aromatic N) is 2. The normalized spacial score (nSPS) is 11.3. The Hall–Kier alpha value is -2.62. The van der Waals surface area contributed by atoms with E-state index >= 15 is 0 Å². The van der Waals surface area contributed by atoms with Gasteiger partial charge in [0.15, 0.2) is 0 Å². The van der Waals surface area contributed by atoms with Crippen LogP contribution < -0.4 is 5.32 Å². The van der Waals surface area contributed by atoms with Crippen molar-refractivity contribution in [1.29, 1.82) is 0 Å². The first-order chi connectivity index (χ1) is 10.3. The van der Waals surface area contributed by atoms with Crippen LogP contribution in [-0.2, 0) is 17.9 Å². The molecule has 0 aliphatic heterocycles. The molecule has 2 aromatic rings. The van der Waals surface area contributed by atoms with Gasteiger partial charge < -0.3 is 5.32 Å². The van der Waals surface area contributed by atoms with Gasteiger partial charge in [0, 0.05) is 25.0 Å². The van der Waals surface area contributed by atoms with Crippen molar-refractivity contribution >= 4 is 5.91 Å². The zero-order valence-electron chi connectivity index (χ0n) is 12.1. The van der Waals surface area contributed by atoms with Crippen LogP contribution in [-0.4, -0.2) is 15.7 Å². The lowest BCUT2D eigenvalue weighted by molar-refractivity contribution is -0.116. The Morgan fingerprint density at radius 3 is 2.76 bits per heavy atom. The molecule has 0 aliphatic carbocycles. The van der Waals surface area contributed by atoms with Gasteiger partial charge >= 0.3 is 0 Å². The van der Waals surface area contributed by atoms with E-state index in [1.165, 1.54) is 6.08 Å². The molecule has 4 heteroatoms. The predicted octanol–water partition coefficient (Wildman–Crippen LogP) is 2.68. The zero-order chi connectivity index (χ0) is 14.9. The molecule has 0 aliphatic rings. The summed E-state index contributed by atoms with van der Waals surface area (Å²) in [6, 6.07) is 9.95. The van der Waals surface area contributed by atoms with E-state index in [0.717, 1.165) is 11.1 Å². The average molecular weight is 281 g/mol. The molecule has 1 N–H and O–H groups in total. The molecule has 4 nitrogen and oxygen atoms in total. The molecule has 0 spiro atoms. The summed E-state index contributed by atoms with van der Waals surface area (Å²) in [7, 11) is 0. The summed E-state index contributed by atoms with van der Waals surface area (Å²) in [4.78, 5) is 11.7. The highest BCUT2D eigenvalue weighted by atomic mass is 16.1. The van der Waals surface area contributed by atoms with Crippen LogP contribution in [0.3, 0.4) is 0 Å². The lowest BCUT2D eigenvalue weighted by Crippen LogP contribution is -2.21. The number of nitrogens with one attached hydrogen (secondary N) is 1. The molecular formula is C17H19N3O. The fraction of sp³-hybridized carbons (Fsp3) is 0.176. The van der Waals surface area contributed by atoms with Crippen LogP contribution >= 0.6 is 0 Å². The summed E-state index contributed by atoms with van der Waals surface area (Å²) in [5.41, 5.74) is 2.25. The minimum absolute atomic E-state index is 0.0954. The van der Waals surface area contributed by atoms with Crippen molar-refractivity contribution in [3.63, 3.8) is 0 Å². The monoisotopic (exact) mass is 281 g/mol. The first-order valence-corrected chi connectivity index (χ1v) is 6.91. The smallest absolute Gasteiger partial charge is 0.244 e. The second kappa shape index (κ2) is 7.85. The highest BCUT2D eigenvalue weighted by Gasteiger charge is 2.04. The summed E-state index contributed by atoms with van der Waals surface area (Å²) in [5, 5.41) is 7.10. The molecule has 1 heterocycles. The number of carbonyl (C=O) groups is 1. The molecule has 1 aromatic heterocycles. The Kier molecular flexibility index (Phi) is 5.52. The molecule has 0 fully saturated rings. The third-order valence-electron chi connectivity index (χ3n) is 3.01. The quantitative estimate of drug-likeness (QED) is 0.653. The minimum atomic E-state index is -0.0954. The Balaban J connectivity index is 1.98. The summed E-state index contributed by atoms with van der Waals surface area (Å²) >= 11 is 0. The fourth-order valence-electron chi connectivity index (χ4n) is 1.95. The van der Waals surface area contributed by atoms with Gasteiger partial charge in [-0.3, -0.25) is 9.48 Å². The minimum Gasteiger partial charge on any atom is -0.348 e. The molecule has 0 atom stereocenters. The predicted molar refractivity (Wildman–Crippen MR) is 83.6 cm³/mol. The van der Waals surface area contributed by atoms with Crippen molar-refractivity contribution in [2.24, 2.45) is 0 Å². The van der Waals surface area contributed by atoms with Crippen LogP contribution in [0.25, 0.3) is 0 Å². The maximum atomic E-state index is 11.7. The van der Waals surface area contributed by atoms with Gasteiger partial charge in [-0.05, 0) is 24.1 Å². The largest absolute Gasteiger partial charge is 0.348 e. The van der Waals surface area contributed by atoms with Gasteiger partial charge in [-0.2, -0.15) is 5.10 Å². The molecule has 0 saturated heterocycles. The maximum absolute atomic E-state index is 11.7. The van der Waals surface area contributed by atoms with Gasteiger partial charge in [0.05, 0.1) is 6.54 Å². The van der Waals surface area contributed by atoms with Crippen molar-refractivity contribution in [3.05, 3.63) is 78.2 Å². The van der Waals surface area contributed by atoms with Crippen LogP contribution in [0.15, 0.2) is 67.0 Å². The second-order valence-corrected chi connectivity index (χ2v) is 4.58. The number of hydrogen-bond acceptors (Lipinski definition) is 2. The number of allylic oxidation sites excluding steroid dienone is 3. The Labute approximate surface area is 124 Å². The molecule has 2 rings (SSSR count). The molecule has 1 aromatic carbocycles. The lowest BCUT2D eigenvalue weighted by atomic mass is 10.1. The molecule has 0 unspecified atom stereocenters.